The zero-order chi connectivity index (χ0) is 18.1. The molecule has 1 N–H and O–H groups in total. The molecule has 0 aliphatic rings. The Bertz CT molecular complexity index is 872. The highest BCUT2D eigenvalue weighted by atomic mass is 32.2. The number of carboxylic acid groups (broad SMARTS) is 1. The second-order valence-electron chi connectivity index (χ2n) is 5.14. The van der Waals surface area contributed by atoms with Crippen LogP contribution in [0.15, 0.2) is 47.4 Å². The molecule has 0 aromatic heterocycles. The monoisotopic (exact) mass is 350 g/mol. The number of carboxylic acids is 1. The normalized spacial score (nSPS) is 11.5. The highest BCUT2D eigenvalue weighted by molar-refractivity contribution is 7.89. The lowest BCUT2D eigenvalue weighted by Crippen LogP contribution is -2.22. The van der Waals surface area contributed by atoms with Crippen molar-refractivity contribution in [1.82, 2.24) is 4.31 Å². The molecule has 0 amide bonds. The molecule has 0 atom stereocenters. The number of carbonyl (C=O) groups is 1. The minimum atomic E-state index is -3.59. The molecule has 0 aliphatic heterocycles. The average Bonchev–Trinajstić information content (AvgIpc) is 2.54. The molecule has 126 valence electrons. The van der Waals surface area contributed by atoms with Crippen molar-refractivity contribution in [3.05, 3.63) is 58.1 Å². The molecular weight excluding hydrogens is 336 g/mol. The number of nitro benzene ring substituents is 1. The zero-order valence-corrected chi connectivity index (χ0v) is 13.6. The molecule has 9 heteroatoms. The van der Waals surface area contributed by atoms with Gasteiger partial charge in [-0.3, -0.25) is 10.1 Å². The molecule has 0 radical (unpaired) electrons. The Labute approximate surface area is 138 Å². The van der Waals surface area contributed by atoms with Gasteiger partial charge in [0.05, 0.1) is 15.4 Å². The van der Waals surface area contributed by atoms with Gasteiger partial charge in [-0.1, -0.05) is 12.1 Å². The van der Waals surface area contributed by atoms with Crippen LogP contribution >= 0.6 is 0 Å². The van der Waals surface area contributed by atoms with Crippen LogP contribution in [0.4, 0.5) is 5.69 Å². The number of hydrogen-bond acceptors (Lipinski definition) is 5. The second-order valence-corrected chi connectivity index (χ2v) is 7.29. The van der Waals surface area contributed by atoms with E-state index in [1.165, 1.54) is 50.5 Å². The Hall–Kier alpha value is -2.78. The van der Waals surface area contributed by atoms with E-state index in [0.717, 1.165) is 10.4 Å². The van der Waals surface area contributed by atoms with Crippen molar-refractivity contribution < 1.29 is 23.2 Å². The largest absolute Gasteiger partial charge is 0.478 e. The smallest absolute Gasteiger partial charge is 0.335 e. The van der Waals surface area contributed by atoms with Gasteiger partial charge in [0.1, 0.15) is 0 Å². The van der Waals surface area contributed by atoms with Crippen molar-refractivity contribution in [3.8, 4) is 11.1 Å². The molecule has 8 nitrogen and oxygen atoms in total. The summed E-state index contributed by atoms with van der Waals surface area (Å²) >= 11 is 0. The number of rotatable bonds is 5. The van der Waals surface area contributed by atoms with Crippen LogP contribution in [0, 0.1) is 10.1 Å². The van der Waals surface area contributed by atoms with E-state index in [-0.39, 0.29) is 16.1 Å². The number of non-ortho nitro benzene ring substituents is 1. The quantitative estimate of drug-likeness (QED) is 0.652. The molecular formula is C15H14N2O6S. The van der Waals surface area contributed by atoms with E-state index in [9.17, 15) is 23.3 Å². The number of benzene rings is 2. The maximum Gasteiger partial charge on any atom is 0.335 e. The average molecular weight is 350 g/mol. The van der Waals surface area contributed by atoms with Crippen LogP contribution in [0.2, 0.25) is 0 Å². The predicted octanol–water partition coefficient (Wildman–Crippen LogP) is 2.21. The highest BCUT2D eigenvalue weighted by Crippen LogP contribution is 2.27. The number of nitro groups is 1. The molecule has 0 heterocycles. The third-order valence-electron chi connectivity index (χ3n) is 3.34. The van der Waals surface area contributed by atoms with Crippen LogP contribution in [-0.4, -0.2) is 42.8 Å². The summed E-state index contributed by atoms with van der Waals surface area (Å²) in [6, 6.07) is 9.18. The van der Waals surface area contributed by atoms with Crippen molar-refractivity contribution in [2.24, 2.45) is 0 Å². The Morgan fingerprint density at radius 2 is 1.67 bits per heavy atom. The number of hydrogen-bond donors (Lipinski definition) is 1. The second kappa shape index (κ2) is 6.38. The summed E-state index contributed by atoms with van der Waals surface area (Å²) in [5.74, 6) is -1.29. The van der Waals surface area contributed by atoms with Gasteiger partial charge in [-0.05, 0) is 29.3 Å². The van der Waals surface area contributed by atoms with E-state index in [0.29, 0.717) is 11.1 Å². The SMILES string of the molecule is CN(C)S(=O)(=O)c1ccc(-c2cc(C(=O)O)cc([N+](=O)[O-])c2)cc1. The lowest BCUT2D eigenvalue weighted by molar-refractivity contribution is -0.384. The fourth-order valence-corrected chi connectivity index (χ4v) is 2.94. The third kappa shape index (κ3) is 3.42. The van der Waals surface area contributed by atoms with Gasteiger partial charge in [-0.2, -0.15) is 0 Å². The lowest BCUT2D eigenvalue weighted by atomic mass is 10.0. The molecule has 0 saturated carbocycles. The standard InChI is InChI=1S/C15H14N2O6S/c1-16(2)24(22,23)14-5-3-10(4-6-14)11-7-12(15(18)19)9-13(8-11)17(20)21/h3-9H,1-2H3,(H,18,19). The van der Waals surface area contributed by atoms with E-state index in [1.807, 2.05) is 0 Å². The van der Waals surface area contributed by atoms with Crippen LogP contribution in [0.5, 0.6) is 0 Å². The topological polar surface area (TPSA) is 118 Å². The van der Waals surface area contributed by atoms with Crippen molar-refractivity contribution in [3.63, 3.8) is 0 Å². The first-order valence-electron chi connectivity index (χ1n) is 6.68. The molecule has 2 aromatic rings. The van der Waals surface area contributed by atoms with Gasteiger partial charge in [0.2, 0.25) is 10.0 Å². The fraction of sp³-hybridized carbons (Fsp3) is 0.133. The van der Waals surface area contributed by atoms with Gasteiger partial charge >= 0.3 is 5.97 Å². The predicted molar refractivity (Wildman–Crippen MR) is 86.4 cm³/mol. The Morgan fingerprint density at radius 3 is 2.12 bits per heavy atom. The minimum absolute atomic E-state index is 0.0696. The minimum Gasteiger partial charge on any atom is -0.478 e. The number of aromatic carboxylic acids is 1. The molecule has 0 spiro atoms. The summed E-state index contributed by atoms with van der Waals surface area (Å²) in [4.78, 5) is 21.4. The van der Waals surface area contributed by atoms with E-state index in [4.69, 9.17) is 5.11 Å². The maximum atomic E-state index is 12.0. The van der Waals surface area contributed by atoms with Gasteiger partial charge < -0.3 is 5.11 Å². The van der Waals surface area contributed by atoms with Crippen LogP contribution in [0.1, 0.15) is 10.4 Å². The molecule has 0 unspecified atom stereocenters. The van der Waals surface area contributed by atoms with Gasteiger partial charge in [0.25, 0.3) is 5.69 Å². The Morgan fingerprint density at radius 1 is 1.08 bits per heavy atom. The van der Waals surface area contributed by atoms with Crippen molar-refractivity contribution >= 4 is 21.7 Å². The molecule has 0 aliphatic carbocycles. The van der Waals surface area contributed by atoms with Crippen LogP contribution in [0.3, 0.4) is 0 Å². The first-order valence-corrected chi connectivity index (χ1v) is 8.12. The summed E-state index contributed by atoms with van der Waals surface area (Å²) in [5.41, 5.74) is 0.216. The zero-order valence-electron chi connectivity index (χ0n) is 12.8. The van der Waals surface area contributed by atoms with Crippen LogP contribution in [0.25, 0.3) is 11.1 Å². The summed E-state index contributed by atoms with van der Waals surface area (Å²) in [6.45, 7) is 0. The van der Waals surface area contributed by atoms with Crippen LogP contribution in [-0.2, 0) is 10.0 Å². The van der Waals surface area contributed by atoms with E-state index in [1.54, 1.807) is 0 Å². The summed E-state index contributed by atoms with van der Waals surface area (Å²) < 4.78 is 25.1. The molecule has 0 bridgehead atoms. The molecule has 0 saturated heterocycles. The number of sulfonamides is 1. The van der Waals surface area contributed by atoms with Gasteiger partial charge in [0.15, 0.2) is 0 Å². The van der Waals surface area contributed by atoms with E-state index < -0.39 is 20.9 Å². The van der Waals surface area contributed by atoms with Crippen molar-refractivity contribution in [1.29, 1.82) is 0 Å². The fourth-order valence-electron chi connectivity index (χ4n) is 2.04. The van der Waals surface area contributed by atoms with Gasteiger partial charge in [-0.15, -0.1) is 0 Å². The van der Waals surface area contributed by atoms with Gasteiger partial charge in [-0.25, -0.2) is 17.5 Å². The van der Waals surface area contributed by atoms with Crippen LogP contribution < -0.4 is 0 Å². The summed E-state index contributed by atoms with van der Waals surface area (Å²) in [6.07, 6.45) is 0. The first-order chi connectivity index (χ1) is 11.1. The van der Waals surface area contributed by atoms with E-state index in [2.05, 4.69) is 0 Å². The maximum absolute atomic E-state index is 12.0. The van der Waals surface area contributed by atoms with Crippen molar-refractivity contribution in [2.45, 2.75) is 4.90 Å². The van der Waals surface area contributed by atoms with Gasteiger partial charge in [0, 0.05) is 26.2 Å². The third-order valence-corrected chi connectivity index (χ3v) is 5.17. The lowest BCUT2D eigenvalue weighted by Gasteiger charge is -2.11. The molecule has 2 rings (SSSR count). The number of nitrogens with zero attached hydrogens (tertiary/aromatic N) is 2. The Balaban J connectivity index is 2.53. The van der Waals surface area contributed by atoms with Crippen molar-refractivity contribution in [2.75, 3.05) is 14.1 Å². The Kier molecular flexibility index (Phi) is 4.67. The molecule has 2 aromatic carbocycles. The summed E-state index contributed by atoms with van der Waals surface area (Å²) in [5, 5.41) is 20.0. The molecule has 24 heavy (non-hydrogen) atoms. The van der Waals surface area contributed by atoms with E-state index >= 15 is 0 Å². The molecule has 0 fully saturated rings. The first kappa shape index (κ1) is 17.6. The highest BCUT2D eigenvalue weighted by Gasteiger charge is 2.18. The summed E-state index contributed by atoms with van der Waals surface area (Å²) in [7, 11) is -0.777.